The number of hydrogen-bond acceptors (Lipinski definition) is 4. The molecule has 4 heterocycles. The van der Waals surface area contributed by atoms with Gasteiger partial charge in [0.15, 0.2) is 0 Å². The Morgan fingerprint density at radius 1 is 1.03 bits per heavy atom. The van der Waals surface area contributed by atoms with Crippen molar-refractivity contribution in [2.45, 2.75) is 18.9 Å². The number of carbonyl (C=O) groups is 1. The van der Waals surface area contributed by atoms with Crippen molar-refractivity contribution in [1.29, 1.82) is 0 Å². The largest absolute Gasteiger partial charge is 0.375 e. The zero-order chi connectivity index (χ0) is 20.5. The predicted octanol–water partition coefficient (Wildman–Crippen LogP) is 2.97. The van der Waals surface area contributed by atoms with Gasteiger partial charge in [-0.2, -0.15) is 0 Å². The first-order valence-electron chi connectivity index (χ1n) is 10.4. The highest BCUT2D eigenvalue weighted by molar-refractivity contribution is 5.81. The second-order valence-electron chi connectivity index (χ2n) is 8.18. The SMILES string of the molecule is O=C(CNc1cccnc1)N1C[C@@H]2C[C@H](C1)c1cc(-c3ccccc3)cc(=O)n1C2. The molecule has 2 aliphatic heterocycles. The summed E-state index contributed by atoms with van der Waals surface area (Å²) in [6, 6.07) is 17.6. The van der Waals surface area contributed by atoms with Gasteiger partial charge in [-0.25, -0.2) is 0 Å². The van der Waals surface area contributed by atoms with E-state index in [1.54, 1.807) is 18.5 Å². The van der Waals surface area contributed by atoms with Crippen LogP contribution in [0, 0.1) is 5.92 Å². The lowest BCUT2D eigenvalue weighted by atomic mass is 9.82. The number of hydrogen-bond donors (Lipinski definition) is 1. The maximum absolute atomic E-state index is 12.8. The minimum Gasteiger partial charge on any atom is -0.375 e. The van der Waals surface area contributed by atoms with Crippen LogP contribution in [0.4, 0.5) is 5.69 Å². The number of nitrogens with zero attached hydrogens (tertiary/aromatic N) is 3. The molecule has 1 aromatic carbocycles. The summed E-state index contributed by atoms with van der Waals surface area (Å²) in [5.41, 5.74) is 3.94. The third kappa shape index (κ3) is 3.61. The van der Waals surface area contributed by atoms with Crippen molar-refractivity contribution < 1.29 is 4.79 Å². The van der Waals surface area contributed by atoms with E-state index in [1.165, 1.54) is 0 Å². The van der Waals surface area contributed by atoms with Gasteiger partial charge in [0.05, 0.1) is 12.2 Å². The van der Waals surface area contributed by atoms with Crippen molar-refractivity contribution in [3.05, 3.63) is 83.0 Å². The first-order chi connectivity index (χ1) is 14.7. The van der Waals surface area contributed by atoms with Gasteiger partial charge in [-0.05, 0) is 41.7 Å². The number of carbonyl (C=O) groups excluding carboxylic acids is 1. The summed E-state index contributed by atoms with van der Waals surface area (Å²) >= 11 is 0. The van der Waals surface area contributed by atoms with E-state index in [9.17, 15) is 9.59 Å². The maximum Gasteiger partial charge on any atom is 0.251 e. The van der Waals surface area contributed by atoms with Gasteiger partial charge in [-0.3, -0.25) is 14.6 Å². The summed E-state index contributed by atoms with van der Waals surface area (Å²) in [6.45, 7) is 2.29. The number of likely N-dealkylation sites (tertiary alicyclic amines) is 1. The van der Waals surface area contributed by atoms with Gasteiger partial charge in [-0.1, -0.05) is 30.3 Å². The molecule has 1 fully saturated rings. The quantitative estimate of drug-likeness (QED) is 0.731. The molecule has 0 radical (unpaired) electrons. The smallest absolute Gasteiger partial charge is 0.251 e. The van der Waals surface area contributed by atoms with Gasteiger partial charge >= 0.3 is 0 Å². The Balaban J connectivity index is 1.36. The van der Waals surface area contributed by atoms with Crippen LogP contribution in [0.2, 0.25) is 0 Å². The standard InChI is InChI=1S/C24H24N4O2/c29-23-11-19(18-5-2-1-3-6-18)10-22-20-9-17(15-28(22)23)14-27(16-20)24(30)13-26-21-7-4-8-25-12-21/h1-8,10-12,17,20,26H,9,13-16H2/t17-,20+/m0/s1. The number of fused-ring (bicyclic) bond motifs is 4. The second-order valence-corrected chi connectivity index (χ2v) is 8.18. The highest BCUT2D eigenvalue weighted by Crippen LogP contribution is 2.36. The Bertz CT molecular complexity index is 1110. The number of benzene rings is 1. The van der Waals surface area contributed by atoms with E-state index in [2.05, 4.69) is 16.4 Å². The molecule has 6 heteroatoms. The van der Waals surface area contributed by atoms with Crippen LogP contribution in [0.5, 0.6) is 0 Å². The van der Waals surface area contributed by atoms with Crippen LogP contribution in [0.25, 0.3) is 11.1 Å². The first kappa shape index (κ1) is 18.6. The van der Waals surface area contributed by atoms with Crippen molar-refractivity contribution in [2.24, 2.45) is 5.92 Å². The molecular formula is C24H24N4O2. The summed E-state index contributed by atoms with van der Waals surface area (Å²) in [4.78, 5) is 31.7. The Labute approximate surface area is 175 Å². The molecule has 3 aromatic rings. The lowest BCUT2D eigenvalue weighted by Crippen LogP contribution is -2.50. The van der Waals surface area contributed by atoms with Crippen molar-refractivity contribution in [1.82, 2.24) is 14.5 Å². The van der Waals surface area contributed by atoms with E-state index in [-0.39, 0.29) is 23.9 Å². The van der Waals surface area contributed by atoms with Crippen LogP contribution in [-0.2, 0) is 11.3 Å². The monoisotopic (exact) mass is 400 g/mol. The lowest BCUT2D eigenvalue weighted by Gasteiger charge is -2.43. The molecule has 1 N–H and O–H groups in total. The third-order valence-corrected chi connectivity index (χ3v) is 6.12. The van der Waals surface area contributed by atoms with Gasteiger partial charge in [0, 0.05) is 49.7 Å². The number of amides is 1. The summed E-state index contributed by atoms with van der Waals surface area (Å²) in [5, 5.41) is 3.16. The lowest BCUT2D eigenvalue weighted by molar-refractivity contribution is -0.132. The van der Waals surface area contributed by atoms with Crippen molar-refractivity contribution in [3.63, 3.8) is 0 Å². The normalized spacial score (nSPS) is 19.8. The van der Waals surface area contributed by atoms with E-state index in [0.717, 1.165) is 28.9 Å². The number of nitrogens with one attached hydrogen (secondary N) is 1. The Kier molecular flexibility index (Phi) is 4.83. The maximum atomic E-state index is 12.8. The van der Waals surface area contributed by atoms with Crippen LogP contribution >= 0.6 is 0 Å². The number of anilines is 1. The fourth-order valence-electron chi connectivity index (χ4n) is 4.72. The van der Waals surface area contributed by atoms with Crippen LogP contribution in [0.3, 0.4) is 0 Å². The number of piperidine rings is 1. The van der Waals surface area contributed by atoms with Gasteiger partial charge in [0.1, 0.15) is 0 Å². The second kappa shape index (κ2) is 7.78. The molecular weight excluding hydrogens is 376 g/mol. The van der Waals surface area contributed by atoms with Crippen LogP contribution in [0.15, 0.2) is 71.8 Å². The first-order valence-corrected chi connectivity index (χ1v) is 10.4. The molecule has 30 heavy (non-hydrogen) atoms. The highest BCUT2D eigenvalue weighted by Gasteiger charge is 2.36. The van der Waals surface area contributed by atoms with Gasteiger partial charge in [0.25, 0.3) is 5.56 Å². The molecule has 2 aromatic heterocycles. The molecule has 6 nitrogen and oxygen atoms in total. The third-order valence-electron chi connectivity index (χ3n) is 6.12. The number of rotatable bonds is 4. The molecule has 2 aliphatic rings. The average Bonchev–Trinajstić information content (AvgIpc) is 2.79. The molecule has 2 bridgehead atoms. The van der Waals surface area contributed by atoms with Gasteiger partial charge < -0.3 is 14.8 Å². The molecule has 0 aliphatic carbocycles. The van der Waals surface area contributed by atoms with Crippen molar-refractivity contribution >= 4 is 11.6 Å². The molecule has 5 rings (SSSR count). The topological polar surface area (TPSA) is 67.2 Å². The van der Waals surface area contributed by atoms with Crippen LogP contribution in [-0.4, -0.2) is 40.0 Å². The minimum atomic E-state index is 0.0547. The Hall–Kier alpha value is -3.41. The molecule has 1 amide bonds. The van der Waals surface area contributed by atoms with E-state index in [4.69, 9.17) is 0 Å². The van der Waals surface area contributed by atoms with Crippen molar-refractivity contribution in [3.8, 4) is 11.1 Å². The Morgan fingerprint density at radius 2 is 1.90 bits per heavy atom. The fourth-order valence-corrected chi connectivity index (χ4v) is 4.72. The van der Waals surface area contributed by atoms with Crippen molar-refractivity contribution in [2.75, 3.05) is 25.0 Å². The van der Waals surface area contributed by atoms with E-state index in [1.807, 2.05) is 51.9 Å². The fraction of sp³-hybridized carbons (Fsp3) is 0.292. The molecule has 0 spiro atoms. The molecule has 0 saturated carbocycles. The molecule has 1 saturated heterocycles. The average molecular weight is 400 g/mol. The summed E-state index contributed by atoms with van der Waals surface area (Å²) < 4.78 is 1.92. The highest BCUT2D eigenvalue weighted by atomic mass is 16.2. The van der Waals surface area contributed by atoms with Crippen LogP contribution in [0.1, 0.15) is 18.0 Å². The summed E-state index contributed by atoms with van der Waals surface area (Å²) in [5.74, 6) is 0.596. The molecule has 0 unspecified atom stereocenters. The van der Waals surface area contributed by atoms with Gasteiger partial charge in [0.2, 0.25) is 5.91 Å². The Morgan fingerprint density at radius 3 is 2.70 bits per heavy atom. The minimum absolute atomic E-state index is 0.0547. The van der Waals surface area contributed by atoms with E-state index < -0.39 is 0 Å². The van der Waals surface area contributed by atoms with Crippen LogP contribution < -0.4 is 10.9 Å². The zero-order valence-corrected chi connectivity index (χ0v) is 16.7. The van der Waals surface area contributed by atoms with E-state index >= 15 is 0 Å². The summed E-state index contributed by atoms with van der Waals surface area (Å²) in [6.07, 6.45) is 4.45. The zero-order valence-electron chi connectivity index (χ0n) is 16.7. The number of pyridine rings is 2. The molecule has 2 atom stereocenters. The molecule has 152 valence electrons. The van der Waals surface area contributed by atoms with E-state index in [0.29, 0.717) is 25.6 Å². The number of aromatic nitrogens is 2. The summed E-state index contributed by atoms with van der Waals surface area (Å²) in [7, 11) is 0. The predicted molar refractivity (Wildman–Crippen MR) is 116 cm³/mol. The van der Waals surface area contributed by atoms with Gasteiger partial charge in [-0.15, -0.1) is 0 Å².